The van der Waals surface area contributed by atoms with E-state index in [1.807, 2.05) is 36.4 Å². The van der Waals surface area contributed by atoms with Gasteiger partial charge in [0.05, 0.1) is 12.6 Å². The van der Waals surface area contributed by atoms with Gasteiger partial charge in [-0.05, 0) is 29.8 Å². The molecule has 0 unspecified atom stereocenters. The number of benzene rings is 2. The lowest BCUT2D eigenvalue weighted by molar-refractivity contribution is 0.419. The summed E-state index contributed by atoms with van der Waals surface area (Å²) in [6.07, 6.45) is 0.856. The Morgan fingerprint density at radius 2 is 1.89 bits per heavy atom. The molecule has 0 radical (unpaired) electrons. The first kappa shape index (κ1) is 12.1. The first-order chi connectivity index (χ1) is 9.26. The topological polar surface area (TPSA) is 25.0 Å². The maximum atomic E-state index is 5.89. The molecule has 0 saturated heterocycles. The van der Waals surface area contributed by atoms with Gasteiger partial charge in [-0.3, -0.25) is 0 Å². The van der Waals surface area contributed by atoms with E-state index in [1.54, 1.807) is 7.11 Å². The van der Waals surface area contributed by atoms with E-state index in [-0.39, 0.29) is 0 Å². The van der Waals surface area contributed by atoms with Crippen LogP contribution in [0.2, 0.25) is 5.02 Å². The van der Waals surface area contributed by atoms with Crippen LogP contribution in [-0.2, 0) is 6.42 Å². The zero-order valence-electron chi connectivity index (χ0n) is 10.6. The van der Waals surface area contributed by atoms with Crippen molar-refractivity contribution in [1.29, 1.82) is 0 Å². The molecule has 1 aromatic heterocycles. The van der Waals surface area contributed by atoms with E-state index >= 15 is 0 Å². The van der Waals surface area contributed by atoms with Crippen molar-refractivity contribution < 1.29 is 4.74 Å². The Morgan fingerprint density at radius 3 is 2.63 bits per heavy atom. The summed E-state index contributed by atoms with van der Waals surface area (Å²) in [6, 6.07) is 16.1. The van der Waals surface area contributed by atoms with Crippen molar-refractivity contribution in [2.75, 3.05) is 7.11 Å². The molecule has 0 aliphatic heterocycles. The fraction of sp³-hybridized carbons (Fsp3) is 0.125. The number of aromatic amines is 1. The van der Waals surface area contributed by atoms with Crippen molar-refractivity contribution in [1.82, 2.24) is 4.98 Å². The Kier molecular flexibility index (Phi) is 3.18. The van der Waals surface area contributed by atoms with Crippen molar-refractivity contribution in [3.63, 3.8) is 0 Å². The van der Waals surface area contributed by atoms with Crippen molar-refractivity contribution in [3.8, 4) is 5.75 Å². The maximum Gasteiger partial charge on any atom is 0.142 e. The van der Waals surface area contributed by atoms with Gasteiger partial charge in [-0.15, -0.1) is 0 Å². The second kappa shape index (κ2) is 4.98. The predicted octanol–water partition coefficient (Wildman–Crippen LogP) is 4.42. The van der Waals surface area contributed by atoms with Gasteiger partial charge in [0.2, 0.25) is 0 Å². The van der Waals surface area contributed by atoms with Gasteiger partial charge in [-0.2, -0.15) is 0 Å². The fourth-order valence-corrected chi connectivity index (χ4v) is 2.40. The van der Waals surface area contributed by atoms with Crippen LogP contribution in [0.5, 0.6) is 5.75 Å². The molecule has 0 aliphatic rings. The summed E-state index contributed by atoms with van der Waals surface area (Å²) in [6.45, 7) is 0. The van der Waals surface area contributed by atoms with E-state index in [4.69, 9.17) is 16.3 Å². The summed E-state index contributed by atoms with van der Waals surface area (Å²) < 4.78 is 5.36. The maximum absolute atomic E-state index is 5.89. The first-order valence-corrected chi connectivity index (χ1v) is 6.53. The fourth-order valence-electron chi connectivity index (χ4n) is 2.27. The summed E-state index contributed by atoms with van der Waals surface area (Å²) >= 11 is 5.89. The SMILES string of the molecule is COc1cccc2cc(Cc3ccc(Cl)cc3)[nH]c12. The third-order valence-electron chi connectivity index (χ3n) is 3.20. The summed E-state index contributed by atoms with van der Waals surface area (Å²) in [7, 11) is 1.69. The Morgan fingerprint density at radius 1 is 1.11 bits per heavy atom. The van der Waals surface area contributed by atoms with Gasteiger partial charge in [0.1, 0.15) is 5.75 Å². The van der Waals surface area contributed by atoms with Crippen LogP contribution < -0.4 is 4.74 Å². The van der Waals surface area contributed by atoms with E-state index in [0.29, 0.717) is 0 Å². The Labute approximate surface area is 117 Å². The van der Waals surface area contributed by atoms with Crippen LogP contribution in [0, 0.1) is 0 Å². The molecule has 0 amide bonds. The van der Waals surface area contributed by atoms with Crippen molar-refractivity contribution in [2.24, 2.45) is 0 Å². The molecule has 0 spiro atoms. The normalized spacial score (nSPS) is 10.8. The molecule has 0 aliphatic carbocycles. The molecule has 0 saturated carbocycles. The number of halogens is 1. The molecule has 0 bridgehead atoms. The largest absolute Gasteiger partial charge is 0.495 e. The Balaban J connectivity index is 1.95. The molecule has 1 N–H and O–H groups in total. The van der Waals surface area contributed by atoms with Gasteiger partial charge in [0.25, 0.3) is 0 Å². The van der Waals surface area contributed by atoms with Crippen molar-refractivity contribution in [2.45, 2.75) is 6.42 Å². The summed E-state index contributed by atoms with van der Waals surface area (Å²) in [5, 5.41) is 1.94. The highest BCUT2D eigenvalue weighted by Crippen LogP contribution is 2.26. The van der Waals surface area contributed by atoms with Gasteiger partial charge in [-0.25, -0.2) is 0 Å². The van der Waals surface area contributed by atoms with Gasteiger partial charge >= 0.3 is 0 Å². The number of ether oxygens (including phenoxy) is 1. The number of hydrogen-bond donors (Lipinski definition) is 1. The molecule has 3 aromatic rings. The molecule has 1 heterocycles. The lowest BCUT2D eigenvalue weighted by Gasteiger charge is -2.01. The van der Waals surface area contributed by atoms with Crippen LogP contribution in [0.3, 0.4) is 0 Å². The average molecular weight is 272 g/mol. The quantitative estimate of drug-likeness (QED) is 0.749. The van der Waals surface area contributed by atoms with Gasteiger partial charge in [-0.1, -0.05) is 35.9 Å². The standard InChI is InChI=1S/C16H14ClNO/c1-19-15-4-2-3-12-10-14(18-16(12)15)9-11-5-7-13(17)8-6-11/h2-8,10,18H,9H2,1H3. The lowest BCUT2D eigenvalue weighted by Crippen LogP contribution is -1.88. The number of methoxy groups -OCH3 is 1. The van der Waals surface area contributed by atoms with Crippen LogP contribution in [-0.4, -0.2) is 12.1 Å². The number of aromatic nitrogens is 1. The van der Waals surface area contributed by atoms with Crippen molar-refractivity contribution in [3.05, 3.63) is 64.8 Å². The minimum Gasteiger partial charge on any atom is -0.495 e. The first-order valence-electron chi connectivity index (χ1n) is 6.15. The summed E-state index contributed by atoms with van der Waals surface area (Å²) in [4.78, 5) is 3.42. The second-order valence-corrected chi connectivity index (χ2v) is 4.96. The molecule has 19 heavy (non-hydrogen) atoms. The third-order valence-corrected chi connectivity index (χ3v) is 3.45. The third kappa shape index (κ3) is 2.45. The van der Waals surface area contributed by atoms with E-state index in [0.717, 1.165) is 22.7 Å². The van der Waals surface area contributed by atoms with E-state index < -0.39 is 0 Å². The lowest BCUT2D eigenvalue weighted by atomic mass is 10.1. The number of fused-ring (bicyclic) bond motifs is 1. The van der Waals surface area contributed by atoms with E-state index in [1.165, 1.54) is 16.6 Å². The highest BCUT2D eigenvalue weighted by molar-refractivity contribution is 6.30. The van der Waals surface area contributed by atoms with Crippen LogP contribution in [0.4, 0.5) is 0 Å². The van der Waals surface area contributed by atoms with Crippen LogP contribution in [0.1, 0.15) is 11.3 Å². The number of para-hydroxylation sites is 1. The van der Waals surface area contributed by atoms with Gasteiger partial charge < -0.3 is 9.72 Å². The highest BCUT2D eigenvalue weighted by Gasteiger charge is 2.06. The molecular formula is C16H14ClNO. The minimum atomic E-state index is 0.766. The Bertz CT molecular complexity index is 700. The molecule has 0 atom stereocenters. The number of rotatable bonds is 3. The van der Waals surface area contributed by atoms with Crippen LogP contribution >= 0.6 is 11.6 Å². The molecule has 2 aromatic carbocycles. The Hall–Kier alpha value is -1.93. The molecule has 2 nitrogen and oxygen atoms in total. The molecule has 0 fully saturated rings. The molecule has 3 heteroatoms. The number of H-pyrrole nitrogens is 1. The zero-order valence-corrected chi connectivity index (χ0v) is 11.4. The predicted molar refractivity (Wildman–Crippen MR) is 79.1 cm³/mol. The molecule has 96 valence electrons. The average Bonchev–Trinajstić information content (AvgIpc) is 2.83. The van der Waals surface area contributed by atoms with Crippen LogP contribution in [0.25, 0.3) is 10.9 Å². The van der Waals surface area contributed by atoms with Crippen LogP contribution in [0.15, 0.2) is 48.5 Å². The van der Waals surface area contributed by atoms with Gasteiger partial charge in [0.15, 0.2) is 0 Å². The van der Waals surface area contributed by atoms with Gasteiger partial charge in [0, 0.05) is 22.5 Å². The molecular weight excluding hydrogens is 258 g/mol. The number of hydrogen-bond acceptors (Lipinski definition) is 1. The highest BCUT2D eigenvalue weighted by atomic mass is 35.5. The summed E-state index contributed by atoms with van der Waals surface area (Å²) in [5.74, 6) is 0.875. The number of nitrogens with one attached hydrogen (secondary N) is 1. The monoisotopic (exact) mass is 271 g/mol. The van der Waals surface area contributed by atoms with E-state index in [9.17, 15) is 0 Å². The smallest absolute Gasteiger partial charge is 0.142 e. The molecule has 3 rings (SSSR count). The minimum absolute atomic E-state index is 0.766. The van der Waals surface area contributed by atoms with Crippen molar-refractivity contribution >= 4 is 22.5 Å². The second-order valence-electron chi connectivity index (χ2n) is 4.52. The van der Waals surface area contributed by atoms with E-state index in [2.05, 4.69) is 17.1 Å². The summed E-state index contributed by atoms with van der Waals surface area (Å²) in [5.41, 5.74) is 3.45. The zero-order chi connectivity index (χ0) is 13.2.